The Kier molecular flexibility index (Phi) is 9.25. The summed E-state index contributed by atoms with van der Waals surface area (Å²) in [6.07, 6.45) is 3.57. The lowest BCUT2D eigenvalue weighted by Crippen LogP contribution is -2.43. The van der Waals surface area contributed by atoms with E-state index in [0.29, 0.717) is 55.0 Å². The zero-order valence-electron chi connectivity index (χ0n) is 21.6. The Hall–Kier alpha value is -3.84. The van der Waals surface area contributed by atoms with Gasteiger partial charge in [-0.2, -0.15) is 9.78 Å². The number of carbonyl (C=O) groups is 1. The van der Waals surface area contributed by atoms with Gasteiger partial charge in [-0.15, -0.1) is 0 Å². The zero-order chi connectivity index (χ0) is 27.9. The molecule has 0 spiro atoms. The monoisotopic (exact) mass is 601 g/mol. The molecular formula is C26H28BrN5O7. The minimum Gasteiger partial charge on any atom is -0.493 e. The van der Waals surface area contributed by atoms with Gasteiger partial charge in [-0.05, 0) is 30.7 Å². The van der Waals surface area contributed by atoms with Crippen molar-refractivity contribution in [1.82, 2.24) is 14.6 Å². The highest BCUT2D eigenvalue weighted by atomic mass is 79.9. The van der Waals surface area contributed by atoms with Crippen molar-refractivity contribution in [3.05, 3.63) is 66.7 Å². The molecule has 0 aliphatic carbocycles. The topological polar surface area (TPSA) is 138 Å². The predicted octanol–water partition coefficient (Wildman–Crippen LogP) is 3.54. The third-order valence-electron chi connectivity index (χ3n) is 6.13. The number of nitro benzene ring substituents is 1. The highest BCUT2D eigenvalue weighted by Gasteiger charge is 2.25. The smallest absolute Gasteiger partial charge is 0.315 e. The van der Waals surface area contributed by atoms with Crippen LogP contribution in [0.1, 0.15) is 31.2 Å². The summed E-state index contributed by atoms with van der Waals surface area (Å²) in [5.74, 6) is 0.0597. The fourth-order valence-corrected chi connectivity index (χ4v) is 4.45. The summed E-state index contributed by atoms with van der Waals surface area (Å²) in [6, 6.07) is 8.00. The molecule has 1 fully saturated rings. The summed E-state index contributed by atoms with van der Waals surface area (Å²) in [5, 5.41) is 16.7. The summed E-state index contributed by atoms with van der Waals surface area (Å²) in [4.78, 5) is 43.3. The molecule has 1 aromatic heterocycles. The number of carbonyl (C=O) groups excluding carboxylic acids is 1. The van der Waals surface area contributed by atoms with Gasteiger partial charge >= 0.3 is 5.69 Å². The van der Waals surface area contributed by atoms with Crippen LogP contribution in [-0.2, 0) is 16.0 Å². The molecule has 1 amide bonds. The van der Waals surface area contributed by atoms with Crippen LogP contribution in [0.4, 0.5) is 5.69 Å². The molecule has 0 N–H and O–H groups in total. The van der Waals surface area contributed by atoms with Crippen LogP contribution in [0.15, 0.2) is 44.7 Å². The number of hydrogen-bond acceptors (Lipinski definition) is 9. The number of rotatable bonds is 10. The molecule has 0 bridgehead atoms. The Labute approximate surface area is 232 Å². The zero-order valence-corrected chi connectivity index (χ0v) is 23.2. The molecule has 0 radical (unpaired) electrons. The first-order valence-corrected chi connectivity index (χ1v) is 13.2. The van der Waals surface area contributed by atoms with Crippen molar-refractivity contribution in [2.45, 2.75) is 26.2 Å². The number of nitro groups is 1. The summed E-state index contributed by atoms with van der Waals surface area (Å²) in [7, 11) is 1.34. The largest absolute Gasteiger partial charge is 0.493 e. The second-order valence-electron chi connectivity index (χ2n) is 8.76. The summed E-state index contributed by atoms with van der Waals surface area (Å²) in [5.41, 5.74) is 0.107. The third-order valence-corrected chi connectivity index (χ3v) is 6.62. The van der Waals surface area contributed by atoms with E-state index in [1.807, 2.05) is 13.0 Å². The van der Waals surface area contributed by atoms with E-state index in [1.54, 1.807) is 17.0 Å². The van der Waals surface area contributed by atoms with Crippen molar-refractivity contribution in [2.24, 2.45) is 5.10 Å². The van der Waals surface area contributed by atoms with Crippen molar-refractivity contribution >= 4 is 44.6 Å². The Balaban J connectivity index is 1.68. The van der Waals surface area contributed by atoms with E-state index < -0.39 is 10.6 Å². The number of ether oxygens (including phenoxy) is 3. The van der Waals surface area contributed by atoms with Crippen molar-refractivity contribution < 1.29 is 23.9 Å². The van der Waals surface area contributed by atoms with Gasteiger partial charge in [0.05, 0.1) is 42.4 Å². The Morgan fingerprint density at radius 2 is 2.05 bits per heavy atom. The van der Waals surface area contributed by atoms with Crippen molar-refractivity contribution in [3.8, 4) is 11.5 Å². The highest BCUT2D eigenvalue weighted by Crippen LogP contribution is 2.38. The molecule has 0 unspecified atom stereocenters. The number of hydrogen-bond donors (Lipinski definition) is 0. The molecule has 206 valence electrons. The van der Waals surface area contributed by atoms with E-state index in [1.165, 1.54) is 30.1 Å². The molecule has 13 heteroatoms. The van der Waals surface area contributed by atoms with Crippen LogP contribution in [0.25, 0.3) is 10.9 Å². The number of halogens is 1. The molecule has 0 saturated carbocycles. The van der Waals surface area contributed by atoms with Gasteiger partial charge in [0.1, 0.15) is 5.82 Å². The van der Waals surface area contributed by atoms with Crippen molar-refractivity contribution in [1.29, 1.82) is 0 Å². The van der Waals surface area contributed by atoms with Crippen LogP contribution < -0.4 is 15.0 Å². The van der Waals surface area contributed by atoms with Gasteiger partial charge in [-0.25, -0.2) is 4.98 Å². The van der Waals surface area contributed by atoms with E-state index in [4.69, 9.17) is 14.2 Å². The quantitative estimate of drug-likeness (QED) is 0.195. The van der Waals surface area contributed by atoms with Crippen LogP contribution in [-0.4, -0.2) is 71.6 Å². The van der Waals surface area contributed by atoms with E-state index in [9.17, 15) is 19.7 Å². The van der Waals surface area contributed by atoms with Crippen molar-refractivity contribution in [3.63, 3.8) is 0 Å². The molecule has 4 rings (SSSR count). The number of methoxy groups -OCH3 is 1. The number of amides is 1. The Bertz CT molecular complexity index is 1470. The molecular weight excluding hydrogens is 574 g/mol. The number of aryl methyl sites for hydroxylation is 1. The number of fused-ring (bicyclic) bond motifs is 1. The lowest BCUT2D eigenvalue weighted by molar-refractivity contribution is -0.385. The summed E-state index contributed by atoms with van der Waals surface area (Å²) < 4.78 is 18.1. The fraction of sp³-hybridized carbons (Fsp3) is 0.385. The lowest BCUT2D eigenvalue weighted by Gasteiger charge is -2.26. The summed E-state index contributed by atoms with van der Waals surface area (Å²) >= 11 is 3.38. The van der Waals surface area contributed by atoms with E-state index in [2.05, 4.69) is 26.0 Å². The first-order chi connectivity index (χ1) is 18.8. The van der Waals surface area contributed by atoms with E-state index in [0.717, 1.165) is 17.3 Å². The average Bonchev–Trinajstić information content (AvgIpc) is 2.94. The normalized spacial score (nSPS) is 13.7. The molecule has 3 aromatic rings. The maximum Gasteiger partial charge on any atom is 0.315 e. The Morgan fingerprint density at radius 3 is 2.74 bits per heavy atom. The van der Waals surface area contributed by atoms with Crippen LogP contribution in [0.3, 0.4) is 0 Å². The number of morpholine rings is 1. The molecule has 2 aromatic carbocycles. The minimum atomic E-state index is -0.623. The lowest BCUT2D eigenvalue weighted by atomic mass is 10.2. The maximum absolute atomic E-state index is 13.3. The van der Waals surface area contributed by atoms with Gasteiger partial charge in [-0.3, -0.25) is 19.7 Å². The molecule has 12 nitrogen and oxygen atoms in total. The van der Waals surface area contributed by atoms with Crippen LogP contribution in [0, 0.1) is 10.1 Å². The van der Waals surface area contributed by atoms with Gasteiger partial charge in [0.25, 0.3) is 11.5 Å². The van der Waals surface area contributed by atoms with Crippen LogP contribution in [0.2, 0.25) is 0 Å². The summed E-state index contributed by atoms with van der Waals surface area (Å²) in [6.45, 7) is 3.35. The highest BCUT2D eigenvalue weighted by molar-refractivity contribution is 9.10. The van der Waals surface area contributed by atoms with E-state index in [-0.39, 0.29) is 29.6 Å². The number of benzene rings is 2. The molecule has 1 aliphatic heterocycles. The van der Waals surface area contributed by atoms with Gasteiger partial charge in [-0.1, -0.05) is 29.3 Å². The van der Waals surface area contributed by atoms with Gasteiger partial charge in [0.15, 0.2) is 12.4 Å². The minimum absolute atomic E-state index is 0.0551. The molecule has 1 aliphatic rings. The maximum atomic E-state index is 13.3. The molecule has 39 heavy (non-hydrogen) atoms. The average molecular weight is 602 g/mol. The number of aromatic nitrogens is 2. The molecule has 0 atom stereocenters. The number of unbranched alkanes of at least 4 members (excludes halogenated alkanes) is 1. The third kappa shape index (κ3) is 6.60. The number of nitrogens with zero attached hydrogens (tertiary/aromatic N) is 5. The first-order valence-electron chi connectivity index (χ1n) is 12.4. The molecule has 1 saturated heterocycles. The van der Waals surface area contributed by atoms with Gasteiger partial charge in [0.2, 0.25) is 5.75 Å². The Morgan fingerprint density at radius 1 is 1.28 bits per heavy atom. The fourth-order valence-electron chi connectivity index (χ4n) is 4.09. The SMILES string of the molecule is CCCCc1nc2ccc(Br)cc2c(=O)n1N=Cc1cc(OC)c(OCC(=O)N2CCOCC2)c([N+](=O)[O-])c1. The van der Waals surface area contributed by atoms with E-state index >= 15 is 0 Å². The van der Waals surface area contributed by atoms with Crippen LogP contribution >= 0.6 is 15.9 Å². The standard InChI is InChI=1S/C26H28BrN5O7/c1-3-4-5-23-29-20-7-6-18(27)14-19(20)26(34)31(23)28-15-17-12-21(32(35)36)25(22(13-17)37-2)39-16-24(33)30-8-10-38-11-9-30/h6-7,12-15H,3-5,8-11,16H2,1-2H3. The van der Waals surface area contributed by atoms with Crippen molar-refractivity contribution in [2.75, 3.05) is 40.0 Å². The molecule has 2 heterocycles. The first kappa shape index (κ1) is 28.2. The van der Waals surface area contributed by atoms with Gasteiger partial charge in [0, 0.05) is 35.6 Å². The van der Waals surface area contributed by atoms with Crippen LogP contribution in [0.5, 0.6) is 11.5 Å². The predicted molar refractivity (Wildman–Crippen MR) is 148 cm³/mol. The second-order valence-corrected chi connectivity index (χ2v) is 9.68. The second kappa shape index (κ2) is 12.8. The van der Waals surface area contributed by atoms with Gasteiger partial charge < -0.3 is 19.1 Å².